The van der Waals surface area contributed by atoms with Gasteiger partial charge >= 0.3 is 0 Å². The van der Waals surface area contributed by atoms with E-state index in [0.29, 0.717) is 0 Å². The van der Waals surface area contributed by atoms with Crippen molar-refractivity contribution in [2.75, 3.05) is 0 Å². The van der Waals surface area contributed by atoms with Crippen LogP contribution >= 0.6 is 0 Å². The highest BCUT2D eigenvalue weighted by Crippen LogP contribution is 2.80. The normalized spacial score (nSPS) is 24.8. The van der Waals surface area contributed by atoms with Crippen LogP contribution in [0.1, 0.15) is 63.8 Å². The molecule has 0 heteroatoms. The Labute approximate surface area is 288 Å². The third-order valence-electron chi connectivity index (χ3n) is 11.2. The minimum atomic E-state index is -0.169. The Morgan fingerprint density at radius 2 is 0.612 bits per heavy atom. The van der Waals surface area contributed by atoms with Crippen LogP contribution in [0, 0.1) is 93.7 Å². The lowest BCUT2D eigenvalue weighted by atomic mass is 9.34. The Kier molecular flexibility index (Phi) is 5.90. The molecule has 0 saturated heterocycles. The Morgan fingerprint density at radius 3 is 0.918 bits per heavy atom. The predicted octanol–water partition coefficient (Wildman–Crippen LogP) is 8.20. The van der Waals surface area contributed by atoms with Crippen LogP contribution in [0.15, 0.2) is 132 Å². The number of rotatable bonds is 0. The molecule has 0 heterocycles. The molecule has 0 aromatic heterocycles. The number of hydrogen-bond acceptors (Lipinski definition) is 0. The van der Waals surface area contributed by atoms with E-state index in [-0.39, 0.29) is 22.7 Å². The van der Waals surface area contributed by atoms with E-state index in [1.54, 1.807) is 0 Å². The Bertz CT molecular complexity index is 2510. The van der Waals surface area contributed by atoms with Gasteiger partial charge in [-0.15, -0.1) is 0 Å². The second kappa shape index (κ2) is 10.5. The van der Waals surface area contributed by atoms with Crippen LogP contribution in [-0.4, -0.2) is 0 Å². The lowest BCUT2D eigenvalue weighted by Crippen LogP contribution is -2.62. The van der Waals surface area contributed by atoms with E-state index in [2.05, 4.69) is 132 Å². The SMILES string of the molecule is C1#Cc2ccccc2C#Cc2ccccc2C#CC2=C1[C@H]1C=C[C@@H]2[C@]23CCC[C@@]12C1=C3C#Cc2ccccc2C#Cc2ccccc2C#C1. The van der Waals surface area contributed by atoms with E-state index in [4.69, 9.17) is 0 Å². The molecule has 7 aliphatic carbocycles. The molecule has 7 aliphatic rings. The molecule has 0 radical (unpaired) electrons. The van der Waals surface area contributed by atoms with Crippen molar-refractivity contribution in [2.24, 2.45) is 22.7 Å². The first-order valence-electron chi connectivity index (χ1n) is 16.9. The zero-order valence-electron chi connectivity index (χ0n) is 26.7. The molecular weight excluding hydrogens is 589 g/mol. The van der Waals surface area contributed by atoms with Crippen molar-refractivity contribution >= 4 is 0 Å². The molecule has 4 aromatic carbocycles. The van der Waals surface area contributed by atoms with E-state index in [1.165, 1.54) is 11.1 Å². The van der Waals surface area contributed by atoms with Crippen LogP contribution < -0.4 is 0 Å². The Morgan fingerprint density at radius 1 is 0.347 bits per heavy atom. The van der Waals surface area contributed by atoms with E-state index >= 15 is 0 Å². The minimum absolute atomic E-state index is 0.0679. The monoisotopic (exact) mass is 614 g/mol. The topological polar surface area (TPSA) is 0 Å². The fraction of sp³-hybridized carbons (Fsp3) is 0.143. The van der Waals surface area contributed by atoms with Gasteiger partial charge in [-0.25, -0.2) is 0 Å². The van der Waals surface area contributed by atoms with Crippen molar-refractivity contribution in [2.45, 2.75) is 19.3 Å². The van der Waals surface area contributed by atoms with Crippen LogP contribution in [0.5, 0.6) is 0 Å². The van der Waals surface area contributed by atoms with E-state index in [0.717, 1.165) is 74.9 Å². The summed E-state index contributed by atoms with van der Waals surface area (Å²) < 4.78 is 0. The minimum Gasteiger partial charge on any atom is -0.0787 e. The molecule has 1 saturated carbocycles. The first-order valence-corrected chi connectivity index (χ1v) is 16.9. The predicted molar refractivity (Wildman–Crippen MR) is 194 cm³/mol. The zero-order valence-corrected chi connectivity index (χ0v) is 26.7. The highest BCUT2D eigenvalue weighted by Gasteiger charge is 2.75. The second-order valence-corrected chi connectivity index (χ2v) is 13.4. The maximum Gasteiger partial charge on any atom is 0.0405 e. The van der Waals surface area contributed by atoms with Gasteiger partial charge in [0.05, 0.1) is 0 Å². The van der Waals surface area contributed by atoms with Gasteiger partial charge in [-0.3, -0.25) is 0 Å². The van der Waals surface area contributed by atoms with Gasteiger partial charge in [0.1, 0.15) is 0 Å². The van der Waals surface area contributed by atoms with Crippen LogP contribution in [0.25, 0.3) is 0 Å². The maximum atomic E-state index is 3.75. The summed E-state index contributed by atoms with van der Waals surface area (Å²) in [6.45, 7) is 0. The molecule has 0 aliphatic heterocycles. The Balaban J connectivity index is 1.23. The summed E-state index contributed by atoms with van der Waals surface area (Å²) >= 11 is 0. The molecule has 4 atom stereocenters. The molecule has 0 amide bonds. The van der Waals surface area contributed by atoms with Gasteiger partial charge in [0, 0.05) is 89.5 Å². The number of benzene rings is 4. The van der Waals surface area contributed by atoms with Gasteiger partial charge < -0.3 is 0 Å². The van der Waals surface area contributed by atoms with Gasteiger partial charge in [0.15, 0.2) is 0 Å². The molecule has 1 fully saturated rings. The van der Waals surface area contributed by atoms with Gasteiger partial charge in [0.2, 0.25) is 0 Å². The first kappa shape index (κ1) is 27.6. The molecule has 222 valence electrons. The molecule has 11 rings (SSSR count). The first-order chi connectivity index (χ1) is 24.3. The number of fused-ring (bicyclic) bond motifs is 4. The summed E-state index contributed by atoms with van der Waals surface area (Å²) in [5.74, 6) is 43.0. The van der Waals surface area contributed by atoms with Crippen LogP contribution in [0.4, 0.5) is 0 Å². The molecule has 0 N–H and O–H groups in total. The highest BCUT2D eigenvalue weighted by molar-refractivity contribution is 5.75. The molecule has 0 nitrogen and oxygen atoms in total. The highest BCUT2D eigenvalue weighted by atomic mass is 14.8. The molecule has 49 heavy (non-hydrogen) atoms. The zero-order chi connectivity index (χ0) is 32.4. The van der Waals surface area contributed by atoms with Gasteiger partial charge in [-0.2, -0.15) is 0 Å². The largest absolute Gasteiger partial charge is 0.0787 e. The van der Waals surface area contributed by atoms with E-state index in [9.17, 15) is 0 Å². The average molecular weight is 615 g/mol. The number of allylic oxidation sites excluding steroid dienone is 6. The summed E-state index contributed by atoms with van der Waals surface area (Å²) in [6.07, 6.45) is 8.06. The van der Waals surface area contributed by atoms with E-state index < -0.39 is 0 Å². The molecule has 4 aromatic rings. The molecule has 2 bridgehead atoms. The molecule has 0 unspecified atom stereocenters. The third-order valence-corrected chi connectivity index (χ3v) is 11.2. The smallest absolute Gasteiger partial charge is 0.0405 e. The Hall–Kier alpha value is -6.54. The lowest BCUT2D eigenvalue weighted by Gasteiger charge is -2.66. The van der Waals surface area contributed by atoms with Crippen molar-refractivity contribution in [3.8, 4) is 71.0 Å². The van der Waals surface area contributed by atoms with Gasteiger partial charge in [-0.05, 0) is 61.4 Å². The third kappa shape index (κ3) is 3.85. The fourth-order valence-electron chi connectivity index (χ4n) is 9.16. The van der Waals surface area contributed by atoms with Crippen molar-refractivity contribution in [3.63, 3.8) is 0 Å². The van der Waals surface area contributed by atoms with Crippen molar-refractivity contribution in [3.05, 3.63) is 176 Å². The van der Waals surface area contributed by atoms with Crippen LogP contribution in [0.3, 0.4) is 0 Å². The summed E-state index contributed by atoms with van der Waals surface area (Å²) in [5, 5.41) is 0. The summed E-state index contributed by atoms with van der Waals surface area (Å²) in [5.41, 5.74) is 11.8. The van der Waals surface area contributed by atoms with Crippen molar-refractivity contribution in [1.29, 1.82) is 0 Å². The average Bonchev–Trinajstić information content (AvgIpc) is 3.51. The van der Waals surface area contributed by atoms with Crippen molar-refractivity contribution < 1.29 is 0 Å². The summed E-state index contributed by atoms with van der Waals surface area (Å²) in [4.78, 5) is 0. The number of hydrogen-bond donors (Lipinski definition) is 0. The lowest BCUT2D eigenvalue weighted by molar-refractivity contribution is 0.0273. The fourth-order valence-corrected chi connectivity index (χ4v) is 9.16. The van der Waals surface area contributed by atoms with Crippen LogP contribution in [-0.2, 0) is 0 Å². The van der Waals surface area contributed by atoms with Gasteiger partial charge in [0.25, 0.3) is 0 Å². The second-order valence-electron chi connectivity index (χ2n) is 13.4. The molecular formula is C49H26. The standard InChI is InChI=1S/C49H26/c1-5-14-38-22-26-42-43(27-23-39-15-6-2-11-35(39)19-18-34(38)10-1)45-31-30-44(42)48-32-9-33-49(45,48)47-29-25-41-17-8-4-13-37(41)21-20-36-12-3-7-16-40(36)24-28-46(47)48/h1-8,10-17,30-31,44-45H,9,32-33H2/t44-,45+,48-,49-/m0/s1. The maximum absolute atomic E-state index is 3.75. The summed E-state index contributed by atoms with van der Waals surface area (Å²) in [7, 11) is 0. The van der Waals surface area contributed by atoms with E-state index in [1.807, 2.05) is 48.5 Å². The summed E-state index contributed by atoms with van der Waals surface area (Å²) in [6, 6.07) is 32.9. The van der Waals surface area contributed by atoms with Gasteiger partial charge in [-0.1, -0.05) is 138 Å². The van der Waals surface area contributed by atoms with Crippen molar-refractivity contribution in [1.82, 2.24) is 0 Å². The van der Waals surface area contributed by atoms with Crippen LogP contribution in [0.2, 0.25) is 0 Å². The quantitative estimate of drug-likeness (QED) is 0.138. The molecule has 0 spiro atoms.